The zero-order valence-corrected chi connectivity index (χ0v) is 20.8. The SMILES string of the molecule is COc1ccc2c(c1)CCC1C2CCC2(C)C(=O)/C(=C/O)C(CCC(=O)Nc3ncc(C)s3)C12. The molecule has 5 atom stereocenters. The Bertz CT molecular complexity index is 1160. The van der Waals surface area contributed by atoms with Crippen molar-refractivity contribution in [3.63, 3.8) is 0 Å². The number of aryl methyl sites for hydroxylation is 2. The van der Waals surface area contributed by atoms with Crippen LogP contribution in [-0.2, 0) is 16.0 Å². The maximum atomic E-state index is 13.5. The minimum Gasteiger partial charge on any atom is -0.515 e. The molecule has 1 aromatic heterocycles. The zero-order chi connectivity index (χ0) is 24.0. The Labute approximate surface area is 204 Å². The third kappa shape index (κ3) is 3.74. The molecule has 2 saturated carbocycles. The number of Topliss-reactive ketones (excluding diaryl/α,β-unsaturated/α-hetero) is 1. The number of anilines is 1. The van der Waals surface area contributed by atoms with Crippen molar-refractivity contribution in [2.75, 3.05) is 12.4 Å². The predicted octanol–water partition coefficient (Wildman–Crippen LogP) is 5.58. The van der Waals surface area contributed by atoms with E-state index in [1.54, 1.807) is 13.3 Å². The minimum absolute atomic E-state index is 0.0694. The predicted molar refractivity (Wildman–Crippen MR) is 132 cm³/mol. The Morgan fingerprint density at radius 3 is 2.91 bits per heavy atom. The van der Waals surface area contributed by atoms with Crippen LogP contribution in [0.25, 0.3) is 0 Å². The number of amides is 1. The number of thiazole rings is 1. The molecular formula is C27H32N2O4S. The molecule has 2 aromatic rings. The lowest BCUT2D eigenvalue weighted by atomic mass is 9.54. The second kappa shape index (κ2) is 8.84. The van der Waals surface area contributed by atoms with Gasteiger partial charge >= 0.3 is 0 Å². The van der Waals surface area contributed by atoms with E-state index in [-0.39, 0.29) is 23.5 Å². The molecule has 0 radical (unpaired) electrons. The van der Waals surface area contributed by atoms with Crippen LogP contribution in [0.5, 0.6) is 5.75 Å². The van der Waals surface area contributed by atoms with Gasteiger partial charge in [-0.2, -0.15) is 0 Å². The number of aromatic nitrogens is 1. The van der Waals surface area contributed by atoms with Crippen molar-refractivity contribution < 1.29 is 19.4 Å². The number of ketones is 1. The van der Waals surface area contributed by atoms with Crippen molar-refractivity contribution in [3.05, 3.63) is 52.2 Å². The number of hydrogen-bond acceptors (Lipinski definition) is 6. The van der Waals surface area contributed by atoms with Gasteiger partial charge in [-0.1, -0.05) is 13.0 Å². The smallest absolute Gasteiger partial charge is 0.226 e. The first kappa shape index (κ1) is 23.1. The number of nitrogens with zero attached hydrogens (tertiary/aromatic N) is 1. The van der Waals surface area contributed by atoms with E-state index >= 15 is 0 Å². The third-order valence-electron chi connectivity index (χ3n) is 8.49. The van der Waals surface area contributed by atoms with Gasteiger partial charge in [-0.3, -0.25) is 9.59 Å². The third-order valence-corrected chi connectivity index (χ3v) is 9.32. The van der Waals surface area contributed by atoms with Crippen molar-refractivity contribution in [2.24, 2.45) is 23.2 Å². The molecule has 7 heteroatoms. The van der Waals surface area contributed by atoms with E-state index in [9.17, 15) is 14.7 Å². The fourth-order valence-corrected chi connectivity index (χ4v) is 7.69. The molecule has 3 aliphatic rings. The van der Waals surface area contributed by atoms with E-state index in [4.69, 9.17) is 4.74 Å². The van der Waals surface area contributed by atoms with Gasteiger partial charge in [0.25, 0.3) is 0 Å². The number of methoxy groups -OCH3 is 1. The number of benzene rings is 1. The standard InChI is InChI=1S/C27H32N2O4S/c1-15-13-28-26(34-15)29-23(31)9-8-21-22(14-30)25(32)27(2)11-10-19-18-7-5-17(33-3)12-16(18)4-6-20(19)24(21)27/h5,7,12-14,19-21,24,30H,4,6,8-11H2,1-3H3,(H,28,29,31)/b22-14+. The Kier molecular flexibility index (Phi) is 6.00. The highest BCUT2D eigenvalue weighted by molar-refractivity contribution is 7.15. The average molecular weight is 481 g/mol. The van der Waals surface area contributed by atoms with E-state index in [2.05, 4.69) is 29.4 Å². The number of hydrogen-bond donors (Lipinski definition) is 2. The van der Waals surface area contributed by atoms with Gasteiger partial charge in [0.1, 0.15) is 5.75 Å². The highest BCUT2D eigenvalue weighted by atomic mass is 32.1. The summed E-state index contributed by atoms with van der Waals surface area (Å²) in [6, 6.07) is 6.39. The maximum absolute atomic E-state index is 13.5. The number of carbonyl (C=O) groups excluding carboxylic acids is 2. The summed E-state index contributed by atoms with van der Waals surface area (Å²) in [5.74, 6) is 1.63. The lowest BCUT2D eigenvalue weighted by Gasteiger charge is -2.49. The molecule has 5 unspecified atom stereocenters. The summed E-state index contributed by atoms with van der Waals surface area (Å²) in [4.78, 5) is 31.4. The zero-order valence-electron chi connectivity index (χ0n) is 20.0. The summed E-state index contributed by atoms with van der Waals surface area (Å²) in [5.41, 5.74) is 2.75. The minimum atomic E-state index is -0.479. The highest BCUT2D eigenvalue weighted by Crippen LogP contribution is 2.63. The van der Waals surface area contributed by atoms with E-state index < -0.39 is 5.41 Å². The topological polar surface area (TPSA) is 88.5 Å². The molecule has 2 N–H and O–H groups in total. The maximum Gasteiger partial charge on any atom is 0.226 e. The summed E-state index contributed by atoms with van der Waals surface area (Å²) in [7, 11) is 1.70. The number of aliphatic hydroxyl groups excluding tert-OH is 1. The van der Waals surface area contributed by atoms with Crippen LogP contribution < -0.4 is 10.1 Å². The second-order valence-electron chi connectivity index (χ2n) is 10.2. The largest absolute Gasteiger partial charge is 0.515 e. The molecule has 180 valence electrons. The van der Waals surface area contributed by atoms with Gasteiger partial charge in [0.15, 0.2) is 10.9 Å². The number of nitrogens with one attached hydrogen (secondary N) is 1. The molecule has 0 spiro atoms. The molecule has 1 amide bonds. The van der Waals surface area contributed by atoms with Crippen LogP contribution in [0.4, 0.5) is 5.13 Å². The number of aliphatic hydroxyl groups is 1. The van der Waals surface area contributed by atoms with Crippen LogP contribution >= 0.6 is 11.3 Å². The number of carbonyl (C=O) groups is 2. The van der Waals surface area contributed by atoms with Crippen LogP contribution in [0.3, 0.4) is 0 Å². The fourth-order valence-electron chi connectivity index (χ4n) is 7.00. The molecule has 6 nitrogen and oxygen atoms in total. The van der Waals surface area contributed by atoms with E-state index in [0.29, 0.717) is 35.4 Å². The van der Waals surface area contributed by atoms with Crippen molar-refractivity contribution in [1.29, 1.82) is 0 Å². The summed E-state index contributed by atoms with van der Waals surface area (Å²) in [5, 5.41) is 13.6. The summed E-state index contributed by atoms with van der Waals surface area (Å²) < 4.78 is 5.44. The number of ether oxygens (including phenoxy) is 1. The first-order valence-corrected chi connectivity index (χ1v) is 13.0. The van der Waals surface area contributed by atoms with Crippen LogP contribution in [0.2, 0.25) is 0 Å². The molecular weight excluding hydrogens is 448 g/mol. The molecule has 0 aliphatic heterocycles. The van der Waals surface area contributed by atoms with Crippen LogP contribution in [0.15, 0.2) is 36.2 Å². The van der Waals surface area contributed by atoms with Gasteiger partial charge in [-0.25, -0.2) is 4.98 Å². The number of fused-ring (bicyclic) bond motifs is 5. The monoisotopic (exact) mass is 480 g/mol. The van der Waals surface area contributed by atoms with Crippen molar-refractivity contribution in [1.82, 2.24) is 4.98 Å². The second-order valence-corrected chi connectivity index (χ2v) is 11.5. The van der Waals surface area contributed by atoms with Gasteiger partial charge in [0.05, 0.1) is 13.4 Å². The Morgan fingerprint density at radius 1 is 1.38 bits per heavy atom. The Hall–Kier alpha value is -2.67. The highest BCUT2D eigenvalue weighted by Gasteiger charge is 2.60. The van der Waals surface area contributed by atoms with Crippen LogP contribution in [0, 0.1) is 30.1 Å². The van der Waals surface area contributed by atoms with Gasteiger partial charge < -0.3 is 15.2 Å². The molecule has 34 heavy (non-hydrogen) atoms. The molecule has 2 fully saturated rings. The van der Waals surface area contributed by atoms with Gasteiger partial charge in [-0.15, -0.1) is 11.3 Å². The molecule has 5 rings (SSSR count). The molecule has 1 heterocycles. The molecule has 1 aromatic carbocycles. The normalized spacial score (nSPS) is 31.0. The van der Waals surface area contributed by atoms with Crippen molar-refractivity contribution >= 4 is 28.2 Å². The molecule has 0 saturated heterocycles. The summed E-state index contributed by atoms with van der Waals surface area (Å²) in [6.07, 6.45) is 7.36. The van der Waals surface area contributed by atoms with E-state index in [1.165, 1.54) is 22.5 Å². The van der Waals surface area contributed by atoms with Crippen molar-refractivity contribution in [2.45, 2.75) is 58.3 Å². The van der Waals surface area contributed by atoms with Gasteiger partial charge in [0.2, 0.25) is 5.91 Å². The summed E-state index contributed by atoms with van der Waals surface area (Å²) in [6.45, 7) is 4.04. The number of allylic oxidation sites excluding steroid dienone is 1. The van der Waals surface area contributed by atoms with Crippen LogP contribution in [0.1, 0.15) is 60.9 Å². The number of rotatable bonds is 5. The lowest BCUT2D eigenvalue weighted by Crippen LogP contribution is -2.44. The Balaban J connectivity index is 1.40. The average Bonchev–Trinajstić information content (AvgIpc) is 3.34. The van der Waals surface area contributed by atoms with E-state index in [1.807, 2.05) is 13.0 Å². The lowest BCUT2D eigenvalue weighted by molar-refractivity contribution is -0.127. The fraction of sp³-hybridized carbons (Fsp3) is 0.519. The van der Waals surface area contributed by atoms with Crippen molar-refractivity contribution in [3.8, 4) is 5.75 Å². The molecule has 0 bridgehead atoms. The first-order valence-electron chi connectivity index (χ1n) is 12.1. The molecule has 3 aliphatic carbocycles. The first-order chi connectivity index (χ1) is 16.4. The quantitative estimate of drug-likeness (QED) is 0.431. The van der Waals surface area contributed by atoms with Gasteiger partial charge in [-0.05, 0) is 86.0 Å². The van der Waals surface area contributed by atoms with E-state index in [0.717, 1.165) is 42.6 Å². The summed E-state index contributed by atoms with van der Waals surface area (Å²) >= 11 is 1.45. The van der Waals surface area contributed by atoms with Gasteiger partial charge in [0, 0.05) is 28.5 Å². The van der Waals surface area contributed by atoms with Crippen LogP contribution in [-0.4, -0.2) is 28.9 Å². The Morgan fingerprint density at radius 2 is 2.21 bits per heavy atom.